The average molecular weight is 413 g/mol. The smallest absolute Gasteiger partial charge is 0.188 e. The standard InChI is InChI=1S/C24H33FN4O/c1-5-28-12-10-22(11-13-28)30-23-9-7-6-8-20(23)15-21-16-29(19(4)25)27-24(21)17(2)14-18(3)26/h6-9,14,16,19,22,26H,5,10-13,15H2,1-4H3/b17-14+,26-18?. The van der Waals surface area contributed by atoms with Crippen LogP contribution < -0.4 is 4.74 Å². The molecule has 0 spiro atoms. The maximum atomic E-state index is 14.0. The van der Waals surface area contributed by atoms with Gasteiger partial charge in [0.1, 0.15) is 11.9 Å². The molecule has 2 heterocycles. The molecule has 3 rings (SSSR count). The molecule has 0 bridgehead atoms. The Kier molecular flexibility index (Phi) is 7.43. The van der Waals surface area contributed by atoms with E-state index in [-0.39, 0.29) is 6.10 Å². The van der Waals surface area contributed by atoms with Crippen LogP contribution in [0.5, 0.6) is 5.75 Å². The van der Waals surface area contributed by atoms with Crippen LogP contribution in [0.4, 0.5) is 4.39 Å². The van der Waals surface area contributed by atoms with Gasteiger partial charge < -0.3 is 15.0 Å². The molecule has 162 valence electrons. The minimum absolute atomic E-state index is 0.226. The van der Waals surface area contributed by atoms with E-state index in [4.69, 9.17) is 10.1 Å². The Balaban J connectivity index is 1.84. The summed E-state index contributed by atoms with van der Waals surface area (Å²) >= 11 is 0. The number of nitrogens with zero attached hydrogens (tertiary/aromatic N) is 3. The van der Waals surface area contributed by atoms with Gasteiger partial charge in [0.25, 0.3) is 0 Å². The van der Waals surface area contributed by atoms with E-state index in [0.29, 0.717) is 12.1 Å². The van der Waals surface area contributed by atoms with Crippen LogP contribution in [0.25, 0.3) is 5.57 Å². The van der Waals surface area contributed by atoms with Gasteiger partial charge in [-0.2, -0.15) is 5.10 Å². The summed E-state index contributed by atoms with van der Waals surface area (Å²) in [6.45, 7) is 10.5. The van der Waals surface area contributed by atoms with Crippen molar-refractivity contribution in [1.29, 1.82) is 5.41 Å². The Labute approximate surface area is 179 Å². The van der Waals surface area contributed by atoms with Crippen LogP contribution in [-0.4, -0.2) is 46.1 Å². The monoisotopic (exact) mass is 412 g/mol. The van der Waals surface area contributed by atoms with E-state index < -0.39 is 6.30 Å². The average Bonchev–Trinajstić information content (AvgIpc) is 3.14. The molecule has 0 radical (unpaired) electrons. The number of aromatic nitrogens is 2. The van der Waals surface area contributed by atoms with Gasteiger partial charge in [-0.25, -0.2) is 9.07 Å². The van der Waals surface area contributed by atoms with E-state index >= 15 is 0 Å². The SMILES string of the molecule is CCN1CCC(Oc2ccccc2Cc2cn(C(C)F)nc2/C(C)=C/C(C)=N)CC1. The highest BCUT2D eigenvalue weighted by atomic mass is 19.1. The summed E-state index contributed by atoms with van der Waals surface area (Å²) < 4.78 is 21.7. The molecular weight excluding hydrogens is 379 g/mol. The number of piperidine rings is 1. The van der Waals surface area contributed by atoms with Crippen molar-refractivity contribution in [3.8, 4) is 5.75 Å². The van der Waals surface area contributed by atoms with Crippen LogP contribution in [0.1, 0.15) is 63.7 Å². The number of ether oxygens (including phenoxy) is 1. The van der Waals surface area contributed by atoms with Crippen LogP contribution in [0.3, 0.4) is 0 Å². The number of alkyl halides is 1. The fourth-order valence-corrected chi connectivity index (χ4v) is 3.96. The second-order valence-electron chi connectivity index (χ2n) is 8.10. The predicted molar refractivity (Wildman–Crippen MR) is 120 cm³/mol. The number of allylic oxidation sites excluding steroid dienone is 2. The molecular formula is C24H33FN4O. The third-order valence-corrected chi connectivity index (χ3v) is 5.61. The Bertz CT molecular complexity index is 894. The van der Waals surface area contributed by atoms with Crippen molar-refractivity contribution in [2.24, 2.45) is 0 Å². The number of para-hydroxylation sites is 1. The minimum atomic E-state index is -1.21. The molecule has 1 saturated heterocycles. The number of halogens is 1. The van der Waals surface area contributed by atoms with Crippen LogP contribution in [0.15, 0.2) is 36.5 Å². The molecule has 5 nitrogen and oxygen atoms in total. The summed E-state index contributed by atoms with van der Waals surface area (Å²) in [5.74, 6) is 0.893. The number of benzene rings is 1. The Hall–Kier alpha value is -2.47. The molecule has 1 aliphatic rings. The van der Waals surface area contributed by atoms with Gasteiger partial charge in [-0.15, -0.1) is 0 Å². The van der Waals surface area contributed by atoms with Crippen molar-refractivity contribution in [3.63, 3.8) is 0 Å². The molecule has 1 aliphatic heterocycles. The van der Waals surface area contributed by atoms with Gasteiger partial charge in [-0.3, -0.25) is 0 Å². The predicted octanol–water partition coefficient (Wildman–Crippen LogP) is 5.27. The van der Waals surface area contributed by atoms with Crippen LogP contribution in [0.2, 0.25) is 0 Å². The Morgan fingerprint density at radius 3 is 2.60 bits per heavy atom. The van der Waals surface area contributed by atoms with E-state index in [1.54, 1.807) is 19.2 Å². The van der Waals surface area contributed by atoms with E-state index in [2.05, 4.69) is 23.0 Å². The molecule has 1 aromatic carbocycles. The zero-order valence-electron chi connectivity index (χ0n) is 18.5. The first-order valence-corrected chi connectivity index (χ1v) is 10.8. The van der Waals surface area contributed by atoms with Gasteiger partial charge in [0.15, 0.2) is 6.30 Å². The maximum Gasteiger partial charge on any atom is 0.188 e. The van der Waals surface area contributed by atoms with Crippen LogP contribution in [-0.2, 0) is 6.42 Å². The lowest BCUT2D eigenvalue weighted by molar-refractivity contribution is 0.103. The lowest BCUT2D eigenvalue weighted by atomic mass is 10.0. The summed E-state index contributed by atoms with van der Waals surface area (Å²) in [6, 6.07) is 8.09. The normalized spacial score (nSPS) is 17.2. The summed E-state index contributed by atoms with van der Waals surface area (Å²) in [6.07, 6.45) is 5.23. The zero-order chi connectivity index (χ0) is 21.7. The molecule has 1 fully saturated rings. The van der Waals surface area contributed by atoms with Gasteiger partial charge >= 0.3 is 0 Å². The summed E-state index contributed by atoms with van der Waals surface area (Å²) in [5.41, 5.74) is 4.05. The van der Waals surface area contributed by atoms with E-state index in [9.17, 15) is 4.39 Å². The van der Waals surface area contributed by atoms with Crippen molar-refractivity contribution in [2.45, 2.75) is 59.4 Å². The molecule has 30 heavy (non-hydrogen) atoms. The fourth-order valence-electron chi connectivity index (χ4n) is 3.96. The van der Waals surface area contributed by atoms with Crippen molar-refractivity contribution in [2.75, 3.05) is 19.6 Å². The van der Waals surface area contributed by atoms with Crippen LogP contribution in [0, 0.1) is 5.41 Å². The molecule has 0 amide bonds. The molecule has 1 atom stereocenters. The summed E-state index contributed by atoms with van der Waals surface area (Å²) in [5, 5.41) is 12.2. The zero-order valence-corrected chi connectivity index (χ0v) is 18.5. The number of hydrogen-bond donors (Lipinski definition) is 1. The van der Waals surface area contributed by atoms with E-state index in [1.807, 2.05) is 25.1 Å². The molecule has 0 aliphatic carbocycles. The second kappa shape index (κ2) is 10.0. The third-order valence-electron chi connectivity index (χ3n) is 5.61. The number of hydrogen-bond acceptors (Lipinski definition) is 4. The van der Waals surface area contributed by atoms with Gasteiger partial charge in [0.05, 0.1) is 5.69 Å². The largest absolute Gasteiger partial charge is 0.490 e. The quantitative estimate of drug-likeness (QED) is 0.601. The van der Waals surface area contributed by atoms with Gasteiger partial charge in [-0.05, 0) is 63.4 Å². The first-order chi connectivity index (χ1) is 14.4. The van der Waals surface area contributed by atoms with Crippen LogP contribution >= 0.6 is 0 Å². The van der Waals surface area contributed by atoms with Crippen molar-refractivity contribution in [1.82, 2.24) is 14.7 Å². The molecule has 2 aromatic rings. The van der Waals surface area contributed by atoms with Gasteiger partial charge in [0, 0.05) is 37.0 Å². The Morgan fingerprint density at radius 1 is 1.27 bits per heavy atom. The lowest BCUT2D eigenvalue weighted by Crippen LogP contribution is -2.38. The summed E-state index contributed by atoms with van der Waals surface area (Å²) in [4.78, 5) is 2.45. The third kappa shape index (κ3) is 5.57. The summed E-state index contributed by atoms with van der Waals surface area (Å²) in [7, 11) is 0. The first kappa shape index (κ1) is 22.2. The van der Waals surface area contributed by atoms with Crippen molar-refractivity contribution >= 4 is 11.3 Å². The highest BCUT2D eigenvalue weighted by molar-refractivity contribution is 5.96. The highest BCUT2D eigenvalue weighted by Crippen LogP contribution is 2.28. The van der Waals surface area contributed by atoms with E-state index in [0.717, 1.165) is 60.6 Å². The molecule has 1 aromatic heterocycles. The van der Waals surface area contributed by atoms with E-state index in [1.165, 1.54) is 11.6 Å². The first-order valence-electron chi connectivity index (χ1n) is 10.8. The minimum Gasteiger partial charge on any atom is -0.490 e. The second-order valence-corrected chi connectivity index (χ2v) is 8.10. The molecule has 6 heteroatoms. The molecule has 0 saturated carbocycles. The van der Waals surface area contributed by atoms with Gasteiger partial charge in [-0.1, -0.05) is 25.1 Å². The number of rotatable bonds is 8. The number of nitrogens with one attached hydrogen (secondary N) is 1. The maximum absolute atomic E-state index is 14.0. The van der Waals surface area contributed by atoms with Crippen molar-refractivity contribution < 1.29 is 9.13 Å². The van der Waals surface area contributed by atoms with Gasteiger partial charge in [0.2, 0.25) is 0 Å². The number of likely N-dealkylation sites (tertiary alicyclic amines) is 1. The highest BCUT2D eigenvalue weighted by Gasteiger charge is 2.21. The Morgan fingerprint density at radius 2 is 1.97 bits per heavy atom. The molecule has 1 N–H and O–H groups in total. The lowest BCUT2D eigenvalue weighted by Gasteiger charge is -2.31. The molecule has 1 unspecified atom stereocenters. The fraction of sp³-hybridized carbons (Fsp3) is 0.500. The van der Waals surface area contributed by atoms with Crippen molar-refractivity contribution in [3.05, 3.63) is 53.4 Å². The topological polar surface area (TPSA) is 54.1 Å².